The van der Waals surface area contributed by atoms with Gasteiger partial charge >= 0.3 is 0 Å². The highest BCUT2D eigenvalue weighted by atomic mass is 79.9. The highest BCUT2D eigenvalue weighted by Crippen LogP contribution is 2.28. The van der Waals surface area contributed by atoms with Gasteiger partial charge in [0, 0.05) is 36.7 Å². The summed E-state index contributed by atoms with van der Waals surface area (Å²) in [4.78, 5) is 4.68. The summed E-state index contributed by atoms with van der Waals surface area (Å²) >= 11 is 9.60. The van der Waals surface area contributed by atoms with Gasteiger partial charge in [-0.1, -0.05) is 31.5 Å². The van der Waals surface area contributed by atoms with Gasteiger partial charge in [0.15, 0.2) is 0 Å². The van der Waals surface area contributed by atoms with Gasteiger partial charge in [-0.05, 0) is 53.6 Å². The second-order valence-corrected chi connectivity index (χ2v) is 7.38. The molecular weight excluding hydrogens is 350 g/mol. The standard InChI is InChI=1S/C16H27BrClN3/c1-12(2)11-21(8-7-20(3)4)16(10-19)13-5-6-15(18)14(17)9-13/h5-6,9,12,16H,7-8,10-11,19H2,1-4H3. The van der Waals surface area contributed by atoms with Crippen molar-refractivity contribution in [2.75, 3.05) is 40.3 Å². The molecule has 5 heteroatoms. The van der Waals surface area contributed by atoms with E-state index in [-0.39, 0.29) is 6.04 Å². The van der Waals surface area contributed by atoms with E-state index in [0.29, 0.717) is 12.5 Å². The molecule has 0 bridgehead atoms. The summed E-state index contributed by atoms with van der Waals surface area (Å²) in [5, 5.41) is 0.734. The fourth-order valence-electron chi connectivity index (χ4n) is 2.39. The van der Waals surface area contributed by atoms with Gasteiger partial charge < -0.3 is 10.6 Å². The van der Waals surface area contributed by atoms with Crippen LogP contribution in [0.25, 0.3) is 0 Å². The van der Waals surface area contributed by atoms with Gasteiger partial charge in [0.05, 0.1) is 5.02 Å². The number of nitrogens with zero attached hydrogens (tertiary/aromatic N) is 2. The molecule has 0 aromatic heterocycles. The van der Waals surface area contributed by atoms with Crippen molar-refractivity contribution in [1.29, 1.82) is 0 Å². The Morgan fingerprint density at radius 3 is 2.38 bits per heavy atom. The molecule has 0 spiro atoms. The van der Waals surface area contributed by atoms with Crippen molar-refractivity contribution in [2.24, 2.45) is 11.7 Å². The van der Waals surface area contributed by atoms with Crippen LogP contribution in [0.4, 0.5) is 0 Å². The summed E-state index contributed by atoms with van der Waals surface area (Å²) in [6.45, 7) is 8.16. The lowest BCUT2D eigenvalue weighted by atomic mass is 10.0. The molecule has 0 fully saturated rings. The van der Waals surface area contributed by atoms with E-state index in [9.17, 15) is 0 Å². The minimum atomic E-state index is 0.223. The maximum atomic E-state index is 6.10. The molecule has 1 rings (SSSR count). The van der Waals surface area contributed by atoms with Crippen LogP contribution in [0.15, 0.2) is 22.7 Å². The molecular formula is C16H27BrClN3. The average molecular weight is 377 g/mol. The molecule has 0 amide bonds. The number of likely N-dealkylation sites (N-methyl/N-ethyl adjacent to an activating group) is 1. The first-order valence-corrected chi connectivity index (χ1v) is 8.56. The zero-order chi connectivity index (χ0) is 16.0. The quantitative estimate of drug-likeness (QED) is 0.752. The highest BCUT2D eigenvalue weighted by Gasteiger charge is 2.20. The highest BCUT2D eigenvalue weighted by molar-refractivity contribution is 9.10. The summed E-state index contributed by atoms with van der Waals surface area (Å²) in [5.74, 6) is 0.608. The minimum Gasteiger partial charge on any atom is -0.329 e. The molecule has 1 aromatic rings. The Bertz CT molecular complexity index is 438. The van der Waals surface area contributed by atoms with Gasteiger partial charge in [0.1, 0.15) is 0 Å². The molecule has 0 saturated carbocycles. The van der Waals surface area contributed by atoms with Crippen molar-refractivity contribution < 1.29 is 0 Å². The van der Waals surface area contributed by atoms with Crippen molar-refractivity contribution >= 4 is 27.5 Å². The van der Waals surface area contributed by atoms with E-state index < -0.39 is 0 Å². The summed E-state index contributed by atoms with van der Waals surface area (Å²) in [7, 11) is 4.20. The zero-order valence-corrected chi connectivity index (χ0v) is 15.8. The molecule has 1 aromatic carbocycles. The van der Waals surface area contributed by atoms with Crippen LogP contribution in [-0.4, -0.2) is 50.1 Å². The van der Waals surface area contributed by atoms with Crippen LogP contribution in [-0.2, 0) is 0 Å². The first kappa shape index (κ1) is 18.9. The van der Waals surface area contributed by atoms with Crippen molar-refractivity contribution in [3.05, 3.63) is 33.3 Å². The lowest BCUT2D eigenvalue weighted by Gasteiger charge is -2.33. The van der Waals surface area contributed by atoms with E-state index in [0.717, 1.165) is 29.1 Å². The predicted octanol–water partition coefficient (Wildman–Crippen LogP) is 3.62. The Labute approximate surface area is 142 Å². The van der Waals surface area contributed by atoms with Gasteiger partial charge in [-0.25, -0.2) is 0 Å². The smallest absolute Gasteiger partial charge is 0.0548 e. The van der Waals surface area contributed by atoms with E-state index in [1.165, 1.54) is 5.56 Å². The zero-order valence-electron chi connectivity index (χ0n) is 13.4. The Kier molecular flexibility index (Phi) is 8.21. The number of nitrogens with two attached hydrogens (primary N) is 1. The Morgan fingerprint density at radius 1 is 1.24 bits per heavy atom. The molecule has 0 aliphatic heterocycles. The molecule has 0 aliphatic rings. The number of benzene rings is 1. The monoisotopic (exact) mass is 375 g/mol. The maximum absolute atomic E-state index is 6.10. The van der Waals surface area contributed by atoms with Crippen LogP contribution in [0.2, 0.25) is 5.02 Å². The summed E-state index contributed by atoms with van der Waals surface area (Å²) < 4.78 is 0.928. The van der Waals surface area contributed by atoms with Crippen LogP contribution in [0, 0.1) is 5.92 Å². The van der Waals surface area contributed by atoms with Crippen LogP contribution in [0.3, 0.4) is 0 Å². The molecule has 0 heterocycles. The summed E-state index contributed by atoms with van der Waals surface area (Å²) in [6, 6.07) is 6.32. The largest absolute Gasteiger partial charge is 0.329 e. The fraction of sp³-hybridized carbons (Fsp3) is 0.625. The maximum Gasteiger partial charge on any atom is 0.0548 e. The lowest BCUT2D eigenvalue weighted by molar-refractivity contribution is 0.163. The van der Waals surface area contributed by atoms with Gasteiger partial charge in [-0.2, -0.15) is 0 Å². The number of hydrogen-bond donors (Lipinski definition) is 1. The fourth-order valence-corrected chi connectivity index (χ4v) is 2.90. The molecule has 2 N–H and O–H groups in total. The second kappa shape index (κ2) is 9.11. The number of rotatable bonds is 8. The van der Waals surface area contributed by atoms with E-state index in [1.54, 1.807) is 0 Å². The van der Waals surface area contributed by atoms with Crippen molar-refractivity contribution in [3.8, 4) is 0 Å². The van der Waals surface area contributed by atoms with Crippen molar-refractivity contribution in [3.63, 3.8) is 0 Å². The first-order chi connectivity index (χ1) is 9.85. The Morgan fingerprint density at radius 2 is 1.90 bits per heavy atom. The van der Waals surface area contributed by atoms with Gasteiger partial charge in [0.2, 0.25) is 0 Å². The van der Waals surface area contributed by atoms with Gasteiger partial charge in [-0.15, -0.1) is 0 Å². The molecule has 1 atom stereocenters. The van der Waals surface area contributed by atoms with Crippen molar-refractivity contribution in [2.45, 2.75) is 19.9 Å². The minimum absolute atomic E-state index is 0.223. The summed E-state index contributed by atoms with van der Waals surface area (Å²) in [5.41, 5.74) is 7.29. The van der Waals surface area contributed by atoms with Crippen LogP contribution < -0.4 is 5.73 Å². The molecule has 0 saturated heterocycles. The van der Waals surface area contributed by atoms with Crippen LogP contribution in [0.1, 0.15) is 25.5 Å². The van der Waals surface area contributed by atoms with Crippen LogP contribution in [0.5, 0.6) is 0 Å². The molecule has 21 heavy (non-hydrogen) atoms. The van der Waals surface area contributed by atoms with E-state index in [2.05, 4.69) is 65.8 Å². The third kappa shape index (κ3) is 6.25. The lowest BCUT2D eigenvalue weighted by Crippen LogP contribution is -2.40. The van der Waals surface area contributed by atoms with Gasteiger partial charge in [0.25, 0.3) is 0 Å². The third-order valence-electron chi connectivity index (χ3n) is 3.43. The molecule has 120 valence electrons. The molecule has 0 aliphatic carbocycles. The molecule has 3 nitrogen and oxygen atoms in total. The average Bonchev–Trinajstić information content (AvgIpc) is 2.40. The third-order valence-corrected chi connectivity index (χ3v) is 4.64. The van der Waals surface area contributed by atoms with Gasteiger partial charge in [-0.3, -0.25) is 4.90 Å². The molecule has 1 unspecified atom stereocenters. The summed E-state index contributed by atoms with van der Waals surface area (Å²) in [6.07, 6.45) is 0. The normalized spacial score (nSPS) is 13.4. The van der Waals surface area contributed by atoms with E-state index >= 15 is 0 Å². The number of hydrogen-bond acceptors (Lipinski definition) is 3. The van der Waals surface area contributed by atoms with E-state index in [4.69, 9.17) is 17.3 Å². The SMILES string of the molecule is CC(C)CN(CCN(C)C)C(CN)c1ccc(Cl)c(Br)c1. The van der Waals surface area contributed by atoms with Crippen molar-refractivity contribution in [1.82, 2.24) is 9.80 Å². The Balaban J connectivity index is 2.95. The first-order valence-electron chi connectivity index (χ1n) is 7.39. The topological polar surface area (TPSA) is 32.5 Å². The van der Waals surface area contributed by atoms with E-state index in [1.807, 2.05) is 6.07 Å². The number of halogens is 2. The predicted molar refractivity (Wildman–Crippen MR) is 95.9 cm³/mol. The van der Waals surface area contributed by atoms with Crippen LogP contribution >= 0.6 is 27.5 Å². The molecule has 0 radical (unpaired) electrons. The Hall–Kier alpha value is -0.130. The second-order valence-electron chi connectivity index (χ2n) is 6.12.